The van der Waals surface area contributed by atoms with Gasteiger partial charge in [-0.2, -0.15) is 11.3 Å². The lowest BCUT2D eigenvalue weighted by molar-refractivity contribution is -0.115. The monoisotopic (exact) mass is 320 g/mol. The summed E-state index contributed by atoms with van der Waals surface area (Å²) in [6.45, 7) is 0. The van der Waals surface area contributed by atoms with E-state index in [1.54, 1.807) is 17.4 Å². The number of hydrogen-bond acceptors (Lipinski definition) is 4. The van der Waals surface area contributed by atoms with Crippen molar-refractivity contribution >= 4 is 57.5 Å². The van der Waals surface area contributed by atoms with Crippen LogP contribution in [0.3, 0.4) is 0 Å². The van der Waals surface area contributed by atoms with Crippen molar-refractivity contribution in [3.63, 3.8) is 0 Å². The van der Waals surface area contributed by atoms with Gasteiger partial charge in [-0.25, -0.2) is 4.99 Å². The number of halogens is 1. The average molecular weight is 321 g/mol. The molecule has 6 heteroatoms. The van der Waals surface area contributed by atoms with Crippen LogP contribution in [0.2, 0.25) is 5.02 Å². The Morgan fingerprint density at radius 1 is 1.25 bits per heavy atom. The van der Waals surface area contributed by atoms with Gasteiger partial charge in [0, 0.05) is 0 Å². The summed E-state index contributed by atoms with van der Waals surface area (Å²) in [6.07, 6.45) is 1.85. The molecule has 3 nitrogen and oxygen atoms in total. The topological polar surface area (TPSA) is 41.5 Å². The smallest absolute Gasteiger partial charge is 0.264 e. The van der Waals surface area contributed by atoms with Crippen LogP contribution in [0.15, 0.2) is 51.0 Å². The van der Waals surface area contributed by atoms with Gasteiger partial charge in [0.15, 0.2) is 5.17 Å². The molecule has 1 aliphatic rings. The highest BCUT2D eigenvalue weighted by molar-refractivity contribution is 8.18. The summed E-state index contributed by atoms with van der Waals surface area (Å²) in [4.78, 5) is 16.9. The van der Waals surface area contributed by atoms with Gasteiger partial charge >= 0.3 is 0 Å². The molecule has 1 amide bonds. The van der Waals surface area contributed by atoms with E-state index in [0.717, 1.165) is 5.56 Å². The zero-order chi connectivity index (χ0) is 13.9. The number of aliphatic imine (C=N–C) groups is 1. The van der Waals surface area contributed by atoms with Gasteiger partial charge in [0.1, 0.15) is 0 Å². The van der Waals surface area contributed by atoms with Gasteiger partial charge in [0.25, 0.3) is 5.91 Å². The first-order chi connectivity index (χ1) is 9.72. The van der Waals surface area contributed by atoms with Gasteiger partial charge in [-0.05, 0) is 52.4 Å². The zero-order valence-corrected chi connectivity index (χ0v) is 12.6. The minimum Gasteiger partial charge on any atom is -0.300 e. The number of amidine groups is 1. The third-order valence-corrected chi connectivity index (χ3v) is 4.50. The van der Waals surface area contributed by atoms with Crippen molar-refractivity contribution in [2.45, 2.75) is 0 Å². The van der Waals surface area contributed by atoms with E-state index in [-0.39, 0.29) is 5.91 Å². The Balaban J connectivity index is 1.85. The molecule has 0 spiro atoms. The average Bonchev–Trinajstić information content (AvgIpc) is 3.04. The van der Waals surface area contributed by atoms with E-state index in [2.05, 4.69) is 10.3 Å². The number of para-hydroxylation sites is 1. The first-order valence-electron chi connectivity index (χ1n) is 5.79. The SMILES string of the molecule is O=C1NC(=Nc2ccccc2Cl)S/C1=C\c1ccsc1. The molecule has 1 fully saturated rings. The minimum atomic E-state index is -0.132. The molecular weight excluding hydrogens is 312 g/mol. The predicted molar refractivity (Wildman–Crippen MR) is 86.6 cm³/mol. The molecule has 3 rings (SSSR count). The summed E-state index contributed by atoms with van der Waals surface area (Å²) < 4.78 is 0. The maximum atomic E-state index is 11.9. The quantitative estimate of drug-likeness (QED) is 0.838. The summed E-state index contributed by atoms with van der Waals surface area (Å²) in [6, 6.07) is 9.24. The molecule has 1 aliphatic heterocycles. The highest BCUT2D eigenvalue weighted by Gasteiger charge is 2.23. The lowest BCUT2D eigenvalue weighted by Crippen LogP contribution is -2.19. The molecule has 100 valence electrons. The van der Waals surface area contributed by atoms with Crippen LogP contribution in [0.5, 0.6) is 0 Å². The number of rotatable bonds is 2. The van der Waals surface area contributed by atoms with Crippen LogP contribution in [0.1, 0.15) is 5.56 Å². The number of carbonyl (C=O) groups excluding carboxylic acids is 1. The van der Waals surface area contributed by atoms with Crippen LogP contribution in [0.25, 0.3) is 6.08 Å². The molecule has 1 saturated heterocycles. The Hall–Kier alpha value is -1.56. The molecule has 0 aliphatic carbocycles. The van der Waals surface area contributed by atoms with E-state index in [1.165, 1.54) is 11.8 Å². The van der Waals surface area contributed by atoms with Crippen molar-refractivity contribution in [3.05, 3.63) is 56.6 Å². The zero-order valence-electron chi connectivity index (χ0n) is 10.2. The Morgan fingerprint density at radius 3 is 2.85 bits per heavy atom. The maximum Gasteiger partial charge on any atom is 0.264 e. The highest BCUT2D eigenvalue weighted by atomic mass is 35.5. The third-order valence-electron chi connectivity index (χ3n) is 2.57. The van der Waals surface area contributed by atoms with Crippen molar-refractivity contribution in [3.8, 4) is 0 Å². The Morgan fingerprint density at radius 2 is 2.10 bits per heavy atom. The predicted octanol–water partition coefficient (Wildman–Crippen LogP) is 4.29. The number of nitrogens with zero attached hydrogens (tertiary/aromatic N) is 1. The Bertz CT molecular complexity index is 708. The molecule has 0 unspecified atom stereocenters. The number of amides is 1. The third kappa shape index (κ3) is 2.95. The van der Waals surface area contributed by atoms with Crippen LogP contribution in [-0.2, 0) is 4.79 Å². The number of carbonyl (C=O) groups is 1. The van der Waals surface area contributed by atoms with E-state index in [1.807, 2.05) is 41.1 Å². The standard InChI is InChI=1S/C14H9ClN2OS2/c15-10-3-1-2-4-11(10)16-14-17-13(18)12(20-14)7-9-5-6-19-8-9/h1-8H,(H,16,17,18)/b12-7-. The second-order valence-corrected chi connectivity index (χ2v) is 6.21. The van der Waals surface area contributed by atoms with E-state index < -0.39 is 0 Å². The lowest BCUT2D eigenvalue weighted by Gasteiger charge is -1.98. The maximum absolute atomic E-state index is 11.9. The van der Waals surface area contributed by atoms with Crippen LogP contribution in [-0.4, -0.2) is 11.1 Å². The van der Waals surface area contributed by atoms with Gasteiger partial charge in [-0.3, -0.25) is 4.79 Å². The molecule has 1 N–H and O–H groups in total. The van der Waals surface area contributed by atoms with Gasteiger partial charge in [0.05, 0.1) is 15.6 Å². The second-order valence-electron chi connectivity index (χ2n) is 3.99. The second kappa shape index (κ2) is 5.83. The van der Waals surface area contributed by atoms with Crippen LogP contribution in [0.4, 0.5) is 5.69 Å². The summed E-state index contributed by atoms with van der Waals surface area (Å²) >= 11 is 8.96. The lowest BCUT2D eigenvalue weighted by atomic mass is 10.3. The van der Waals surface area contributed by atoms with E-state index in [4.69, 9.17) is 11.6 Å². The Kier molecular flexibility index (Phi) is 3.91. The fraction of sp³-hybridized carbons (Fsp3) is 0. The summed E-state index contributed by atoms with van der Waals surface area (Å²) in [7, 11) is 0. The van der Waals surface area contributed by atoms with E-state index in [0.29, 0.717) is 20.8 Å². The summed E-state index contributed by atoms with van der Waals surface area (Å²) in [5.74, 6) is -0.132. The fourth-order valence-corrected chi connectivity index (χ4v) is 3.27. The van der Waals surface area contributed by atoms with Gasteiger partial charge in [-0.1, -0.05) is 23.7 Å². The van der Waals surface area contributed by atoms with Gasteiger partial charge < -0.3 is 5.32 Å². The van der Waals surface area contributed by atoms with Gasteiger partial charge in [0.2, 0.25) is 0 Å². The van der Waals surface area contributed by atoms with Crippen molar-refractivity contribution in [1.82, 2.24) is 5.32 Å². The van der Waals surface area contributed by atoms with Crippen molar-refractivity contribution < 1.29 is 4.79 Å². The molecule has 2 heterocycles. The van der Waals surface area contributed by atoms with Crippen LogP contribution < -0.4 is 5.32 Å². The molecule has 1 aromatic heterocycles. The van der Waals surface area contributed by atoms with Crippen molar-refractivity contribution in [1.29, 1.82) is 0 Å². The molecule has 0 radical (unpaired) electrons. The number of benzene rings is 1. The molecule has 20 heavy (non-hydrogen) atoms. The number of nitrogens with one attached hydrogen (secondary N) is 1. The Labute approximate surface area is 129 Å². The first-order valence-corrected chi connectivity index (χ1v) is 7.92. The molecule has 1 aromatic carbocycles. The highest BCUT2D eigenvalue weighted by Crippen LogP contribution is 2.30. The largest absolute Gasteiger partial charge is 0.300 e. The van der Waals surface area contributed by atoms with Crippen LogP contribution >= 0.6 is 34.7 Å². The van der Waals surface area contributed by atoms with Crippen LogP contribution in [0, 0.1) is 0 Å². The number of thioether (sulfide) groups is 1. The summed E-state index contributed by atoms with van der Waals surface area (Å²) in [5.41, 5.74) is 1.67. The minimum absolute atomic E-state index is 0.132. The van der Waals surface area contributed by atoms with E-state index in [9.17, 15) is 4.79 Å². The molecule has 2 aromatic rings. The number of hydrogen-bond donors (Lipinski definition) is 1. The summed E-state index contributed by atoms with van der Waals surface area (Å²) in [5, 5.41) is 7.81. The number of thiophene rings is 1. The van der Waals surface area contributed by atoms with Crippen molar-refractivity contribution in [2.75, 3.05) is 0 Å². The molecule has 0 atom stereocenters. The fourth-order valence-electron chi connectivity index (χ4n) is 1.64. The normalized spacial score (nSPS) is 18.8. The van der Waals surface area contributed by atoms with E-state index >= 15 is 0 Å². The molecular formula is C14H9ClN2OS2. The molecule has 0 bridgehead atoms. The van der Waals surface area contributed by atoms with Crippen molar-refractivity contribution in [2.24, 2.45) is 4.99 Å². The first kappa shape index (κ1) is 13.4. The molecule has 0 saturated carbocycles. The van der Waals surface area contributed by atoms with Gasteiger partial charge in [-0.15, -0.1) is 0 Å².